The lowest BCUT2D eigenvalue weighted by Gasteiger charge is -2.12. The standard InChI is InChI=1S/C12H11NO/c1-8-13-12-10-5-3-2-4-9(10)6-7-11(12)14-8/h2-5H,6-7H2,1H3. The smallest absolute Gasteiger partial charge is 0.191 e. The fraction of sp³-hybridized carbons (Fsp3) is 0.250. The highest BCUT2D eigenvalue weighted by Crippen LogP contribution is 2.32. The van der Waals surface area contributed by atoms with E-state index in [4.69, 9.17) is 4.42 Å². The quantitative estimate of drug-likeness (QED) is 0.630. The molecule has 0 bridgehead atoms. The van der Waals surface area contributed by atoms with Crippen molar-refractivity contribution in [2.45, 2.75) is 19.8 Å². The van der Waals surface area contributed by atoms with E-state index >= 15 is 0 Å². The number of oxazole rings is 1. The summed E-state index contributed by atoms with van der Waals surface area (Å²) in [7, 11) is 0. The minimum atomic E-state index is 0.770. The summed E-state index contributed by atoms with van der Waals surface area (Å²) in [6.45, 7) is 1.90. The van der Waals surface area contributed by atoms with Crippen molar-refractivity contribution in [3.63, 3.8) is 0 Å². The van der Waals surface area contributed by atoms with Crippen molar-refractivity contribution in [1.29, 1.82) is 0 Å². The maximum absolute atomic E-state index is 5.55. The van der Waals surface area contributed by atoms with E-state index in [0.717, 1.165) is 30.2 Å². The molecule has 0 saturated carbocycles. The Labute approximate surface area is 82.6 Å². The van der Waals surface area contributed by atoms with Gasteiger partial charge in [0.1, 0.15) is 11.5 Å². The summed E-state index contributed by atoms with van der Waals surface area (Å²) in [6.07, 6.45) is 2.05. The Balaban J connectivity index is 2.28. The molecule has 1 aromatic heterocycles. The molecule has 14 heavy (non-hydrogen) atoms. The molecule has 1 aliphatic rings. The molecular formula is C12H11NO. The molecule has 0 saturated heterocycles. The summed E-state index contributed by atoms with van der Waals surface area (Å²) in [4.78, 5) is 4.43. The van der Waals surface area contributed by atoms with Crippen molar-refractivity contribution in [2.75, 3.05) is 0 Å². The summed E-state index contributed by atoms with van der Waals surface area (Å²) < 4.78 is 5.55. The van der Waals surface area contributed by atoms with Crippen LogP contribution in [0.15, 0.2) is 28.7 Å². The first kappa shape index (κ1) is 7.80. The molecular weight excluding hydrogens is 174 g/mol. The van der Waals surface area contributed by atoms with Crippen molar-refractivity contribution in [1.82, 2.24) is 4.98 Å². The number of hydrogen-bond acceptors (Lipinski definition) is 2. The molecule has 1 aromatic carbocycles. The second-order valence-corrected chi connectivity index (χ2v) is 3.66. The van der Waals surface area contributed by atoms with E-state index in [1.807, 2.05) is 6.92 Å². The van der Waals surface area contributed by atoms with Crippen LogP contribution in [0.1, 0.15) is 17.2 Å². The maximum atomic E-state index is 5.55. The third-order valence-electron chi connectivity index (χ3n) is 2.70. The number of aryl methyl sites for hydroxylation is 3. The Morgan fingerprint density at radius 1 is 1.21 bits per heavy atom. The highest BCUT2D eigenvalue weighted by atomic mass is 16.4. The van der Waals surface area contributed by atoms with Crippen molar-refractivity contribution >= 4 is 0 Å². The first-order chi connectivity index (χ1) is 6.84. The van der Waals surface area contributed by atoms with Crippen LogP contribution in [0.3, 0.4) is 0 Å². The topological polar surface area (TPSA) is 26.0 Å². The van der Waals surface area contributed by atoms with Crippen LogP contribution in [0.2, 0.25) is 0 Å². The summed E-state index contributed by atoms with van der Waals surface area (Å²) in [5.41, 5.74) is 3.67. The van der Waals surface area contributed by atoms with Crippen LogP contribution in [0.5, 0.6) is 0 Å². The lowest BCUT2D eigenvalue weighted by molar-refractivity contribution is 0.473. The van der Waals surface area contributed by atoms with E-state index in [1.54, 1.807) is 0 Å². The second kappa shape index (κ2) is 2.71. The SMILES string of the molecule is Cc1nc2c(o1)CCc1ccccc1-2. The first-order valence-corrected chi connectivity index (χ1v) is 4.89. The van der Waals surface area contributed by atoms with Crippen LogP contribution in [0.4, 0.5) is 0 Å². The van der Waals surface area contributed by atoms with Gasteiger partial charge in [0.25, 0.3) is 0 Å². The van der Waals surface area contributed by atoms with Gasteiger partial charge in [0.15, 0.2) is 5.89 Å². The van der Waals surface area contributed by atoms with Gasteiger partial charge in [0.05, 0.1) is 0 Å². The fourth-order valence-electron chi connectivity index (χ4n) is 2.07. The second-order valence-electron chi connectivity index (χ2n) is 3.66. The van der Waals surface area contributed by atoms with Gasteiger partial charge in [-0.15, -0.1) is 0 Å². The van der Waals surface area contributed by atoms with E-state index in [9.17, 15) is 0 Å². The number of aromatic nitrogens is 1. The lowest BCUT2D eigenvalue weighted by Crippen LogP contribution is -2.01. The highest BCUT2D eigenvalue weighted by molar-refractivity contribution is 5.67. The zero-order valence-electron chi connectivity index (χ0n) is 8.08. The van der Waals surface area contributed by atoms with Gasteiger partial charge in [-0.1, -0.05) is 24.3 Å². The first-order valence-electron chi connectivity index (χ1n) is 4.89. The van der Waals surface area contributed by atoms with Crippen molar-refractivity contribution in [2.24, 2.45) is 0 Å². The molecule has 2 heteroatoms. The van der Waals surface area contributed by atoms with Crippen LogP contribution in [0, 0.1) is 6.92 Å². The summed E-state index contributed by atoms with van der Waals surface area (Å²) in [6, 6.07) is 8.42. The van der Waals surface area contributed by atoms with Gasteiger partial charge in [-0.05, 0) is 12.0 Å². The van der Waals surface area contributed by atoms with Gasteiger partial charge in [-0.25, -0.2) is 4.98 Å². The van der Waals surface area contributed by atoms with E-state index < -0.39 is 0 Å². The van der Waals surface area contributed by atoms with Crippen LogP contribution < -0.4 is 0 Å². The minimum Gasteiger partial charge on any atom is -0.445 e. The summed E-state index contributed by atoms with van der Waals surface area (Å²) >= 11 is 0. The van der Waals surface area contributed by atoms with Gasteiger partial charge in [-0.2, -0.15) is 0 Å². The molecule has 0 N–H and O–H groups in total. The number of fused-ring (bicyclic) bond motifs is 3. The Morgan fingerprint density at radius 2 is 2.07 bits per heavy atom. The highest BCUT2D eigenvalue weighted by Gasteiger charge is 2.20. The molecule has 2 aromatic rings. The predicted molar refractivity (Wildman–Crippen MR) is 54.1 cm³/mol. The predicted octanol–water partition coefficient (Wildman–Crippen LogP) is 2.75. The monoisotopic (exact) mass is 185 g/mol. The number of hydrogen-bond donors (Lipinski definition) is 0. The molecule has 0 fully saturated rings. The fourth-order valence-corrected chi connectivity index (χ4v) is 2.07. The Kier molecular flexibility index (Phi) is 1.51. The summed E-state index contributed by atoms with van der Waals surface area (Å²) in [5, 5.41) is 0. The average molecular weight is 185 g/mol. The van der Waals surface area contributed by atoms with Crippen LogP contribution >= 0.6 is 0 Å². The van der Waals surface area contributed by atoms with E-state index in [0.29, 0.717) is 0 Å². The molecule has 0 spiro atoms. The van der Waals surface area contributed by atoms with E-state index in [1.165, 1.54) is 11.1 Å². The van der Waals surface area contributed by atoms with Crippen LogP contribution in [0.25, 0.3) is 11.3 Å². The molecule has 1 aliphatic carbocycles. The van der Waals surface area contributed by atoms with Gasteiger partial charge < -0.3 is 4.42 Å². The molecule has 0 radical (unpaired) electrons. The van der Waals surface area contributed by atoms with Gasteiger partial charge >= 0.3 is 0 Å². The third-order valence-corrected chi connectivity index (χ3v) is 2.70. The third kappa shape index (κ3) is 1.00. The lowest BCUT2D eigenvalue weighted by atomic mass is 9.93. The maximum Gasteiger partial charge on any atom is 0.191 e. The molecule has 0 unspecified atom stereocenters. The van der Waals surface area contributed by atoms with Crippen LogP contribution in [-0.4, -0.2) is 4.98 Å². The molecule has 0 aliphatic heterocycles. The number of rotatable bonds is 0. The molecule has 2 nitrogen and oxygen atoms in total. The molecule has 0 atom stereocenters. The van der Waals surface area contributed by atoms with Gasteiger partial charge in [0.2, 0.25) is 0 Å². The van der Waals surface area contributed by atoms with E-state index in [2.05, 4.69) is 29.2 Å². The van der Waals surface area contributed by atoms with Gasteiger partial charge in [0, 0.05) is 18.9 Å². The minimum absolute atomic E-state index is 0.770. The Morgan fingerprint density at radius 3 is 3.00 bits per heavy atom. The van der Waals surface area contributed by atoms with Crippen LogP contribution in [-0.2, 0) is 12.8 Å². The zero-order chi connectivity index (χ0) is 9.54. The normalized spacial score (nSPS) is 13.5. The Bertz CT molecular complexity index is 485. The zero-order valence-corrected chi connectivity index (χ0v) is 8.08. The Hall–Kier alpha value is -1.57. The van der Waals surface area contributed by atoms with Crippen molar-refractivity contribution in [3.8, 4) is 11.3 Å². The average Bonchev–Trinajstić information content (AvgIpc) is 2.59. The summed E-state index contributed by atoms with van der Waals surface area (Å²) in [5.74, 6) is 1.81. The molecule has 70 valence electrons. The molecule has 1 heterocycles. The largest absolute Gasteiger partial charge is 0.445 e. The number of benzene rings is 1. The van der Waals surface area contributed by atoms with Crippen molar-refractivity contribution in [3.05, 3.63) is 41.5 Å². The van der Waals surface area contributed by atoms with E-state index in [-0.39, 0.29) is 0 Å². The van der Waals surface area contributed by atoms with Crippen molar-refractivity contribution < 1.29 is 4.42 Å². The number of nitrogens with zero attached hydrogens (tertiary/aromatic N) is 1. The molecule has 0 amide bonds. The van der Waals surface area contributed by atoms with Gasteiger partial charge in [-0.3, -0.25) is 0 Å². The molecule has 3 rings (SSSR count).